The molecule has 1 amide bonds. The van der Waals surface area contributed by atoms with Gasteiger partial charge in [0.25, 0.3) is 5.91 Å². The van der Waals surface area contributed by atoms with E-state index in [0.29, 0.717) is 18.0 Å². The van der Waals surface area contributed by atoms with Crippen molar-refractivity contribution in [1.29, 1.82) is 0 Å². The average molecular weight is 284 g/mol. The van der Waals surface area contributed by atoms with Crippen LogP contribution in [-0.2, 0) is 0 Å². The Balaban J connectivity index is 2.19. The van der Waals surface area contributed by atoms with Crippen LogP contribution < -0.4 is 5.73 Å². The molecule has 3 nitrogen and oxygen atoms in total. The lowest BCUT2D eigenvalue weighted by molar-refractivity contribution is 0.0786. The van der Waals surface area contributed by atoms with Gasteiger partial charge in [-0.3, -0.25) is 4.79 Å². The average Bonchev–Trinajstić information content (AvgIpc) is 2.93. The van der Waals surface area contributed by atoms with E-state index in [-0.39, 0.29) is 5.91 Å². The van der Waals surface area contributed by atoms with Gasteiger partial charge in [-0.2, -0.15) is 0 Å². The Morgan fingerprint density at radius 3 is 3.00 bits per heavy atom. The second kappa shape index (κ2) is 7.28. The Hall–Kier alpha value is -1.79. The third kappa shape index (κ3) is 3.86. The number of likely N-dealkylation sites (tertiary alicyclic amines) is 1. The van der Waals surface area contributed by atoms with Gasteiger partial charge >= 0.3 is 0 Å². The van der Waals surface area contributed by atoms with Gasteiger partial charge in [0, 0.05) is 18.7 Å². The summed E-state index contributed by atoms with van der Waals surface area (Å²) in [4.78, 5) is 14.7. The second-order valence-electron chi connectivity index (χ2n) is 5.75. The maximum absolute atomic E-state index is 12.7. The summed E-state index contributed by atoms with van der Waals surface area (Å²) in [5.41, 5.74) is 8.06. The highest BCUT2D eigenvalue weighted by atomic mass is 16.2. The van der Waals surface area contributed by atoms with Crippen LogP contribution in [0.1, 0.15) is 47.7 Å². The third-order valence-corrected chi connectivity index (χ3v) is 4.00. The highest BCUT2D eigenvalue weighted by molar-refractivity contribution is 5.97. The largest absolute Gasteiger partial charge is 0.338 e. The van der Waals surface area contributed by atoms with Crippen LogP contribution in [0.3, 0.4) is 0 Å². The number of carbonyl (C=O) groups is 1. The number of amides is 1. The molecular weight excluding hydrogens is 260 g/mol. The lowest BCUT2D eigenvalue weighted by Crippen LogP contribution is -2.29. The first-order chi connectivity index (χ1) is 10.2. The lowest BCUT2D eigenvalue weighted by atomic mass is 10.0. The van der Waals surface area contributed by atoms with Gasteiger partial charge in [-0.25, -0.2) is 0 Å². The van der Waals surface area contributed by atoms with Crippen molar-refractivity contribution in [3.63, 3.8) is 0 Å². The highest BCUT2D eigenvalue weighted by Crippen LogP contribution is 2.23. The lowest BCUT2D eigenvalue weighted by Gasteiger charge is -2.17. The molecule has 0 spiro atoms. The van der Waals surface area contributed by atoms with Gasteiger partial charge in [-0.15, -0.1) is 0 Å². The van der Waals surface area contributed by atoms with E-state index in [9.17, 15) is 4.79 Å². The van der Waals surface area contributed by atoms with Gasteiger partial charge in [0.15, 0.2) is 0 Å². The van der Waals surface area contributed by atoms with Crippen molar-refractivity contribution in [2.24, 2.45) is 11.7 Å². The van der Waals surface area contributed by atoms with Gasteiger partial charge in [-0.1, -0.05) is 31.3 Å². The summed E-state index contributed by atoms with van der Waals surface area (Å²) in [6, 6.07) is 5.83. The summed E-state index contributed by atoms with van der Waals surface area (Å²) in [6.45, 7) is 6.26. The maximum atomic E-state index is 12.7. The molecule has 0 saturated carbocycles. The fraction of sp³-hybridized carbons (Fsp3) is 0.500. The molecule has 1 atom stereocenters. The number of aryl methyl sites for hydroxylation is 1. The van der Waals surface area contributed by atoms with Crippen LogP contribution in [0.4, 0.5) is 0 Å². The highest BCUT2D eigenvalue weighted by Gasteiger charge is 2.27. The van der Waals surface area contributed by atoms with E-state index < -0.39 is 0 Å². The Labute approximate surface area is 127 Å². The molecule has 2 rings (SSSR count). The van der Waals surface area contributed by atoms with Crippen molar-refractivity contribution < 1.29 is 4.79 Å². The number of nitrogens with two attached hydrogens (primary N) is 1. The van der Waals surface area contributed by atoms with Crippen molar-refractivity contribution >= 4 is 5.91 Å². The Morgan fingerprint density at radius 1 is 1.48 bits per heavy atom. The zero-order valence-corrected chi connectivity index (χ0v) is 13.0. The van der Waals surface area contributed by atoms with E-state index in [1.807, 2.05) is 30.0 Å². The molecule has 1 heterocycles. The number of carbonyl (C=O) groups excluding carboxylic acids is 1. The van der Waals surface area contributed by atoms with Crippen LogP contribution in [0.15, 0.2) is 18.2 Å². The SMILES string of the molecule is CCCC1CCN(C(=O)c2ccc(C)cc2C#CCN)C1. The molecule has 0 bridgehead atoms. The molecule has 1 unspecified atom stereocenters. The third-order valence-electron chi connectivity index (χ3n) is 4.00. The smallest absolute Gasteiger partial charge is 0.255 e. The van der Waals surface area contributed by atoms with Gasteiger partial charge < -0.3 is 10.6 Å². The molecule has 1 aliphatic rings. The number of hydrogen-bond donors (Lipinski definition) is 1. The van der Waals surface area contributed by atoms with Crippen LogP contribution >= 0.6 is 0 Å². The molecule has 1 aromatic rings. The molecule has 112 valence electrons. The summed E-state index contributed by atoms with van der Waals surface area (Å²) in [6.07, 6.45) is 3.51. The van der Waals surface area contributed by atoms with Gasteiger partial charge in [-0.05, 0) is 43.4 Å². The van der Waals surface area contributed by atoms with Gasteiger partial charge in [0.1, 0.15) is 0 Å². The first kappa shape index (κ1) is 15.6. The fourth-order valence-electron chi connectivity index (χ4n) is 2.93. The Morgan fingerprint density at radius 2 is 2.29 bits per heavy atom. The quantitative estimate of drug-likeness (QED) is 0.867. The van der Waals surface area contributed by atoms with E-state index in [0.717, 1.165) is 30.6 Å². The zero-order valence-electron chi connectivity index (χ0n) is 13.0. The molecule has 1 aliphatic heterocycles. The van der Waals surface area contributed by atoms with E-state index in [1.165, 1.54) is 12.8 Å². The van der Waals surface area contributed by atoms with E-state index >= 15 is 0 Å². The second-order valence-corrected chi connectivity index (χ2v) is 5.75. The first-order valence-electron chi connectivity index (χ1n) is 7.74. The number of nitrogens with zero attached hydrogens (tertiary/aromatic N) is 1. The molecule has 0 radical (unpaired) electrons. The molecule has 21 heavy (non-hydrogen) atoms. The minimum atomic E-state index is 0.106. The molecule has 0 aliphatic carbocycles. The fourth-order valence-corrected chi connectivity index (χ4v) is 2.93. The van der Waals surface area contributed by atoms with Crippen LogP contribution in [0.2, 0.25) is 0 Å². The summed E-state index contributed by atoms with van der Waals surface area (Å²) >= 11 is 0. The topological polar surface area (TPSA) is 46.3 Å². The van der Waals surface area contributed by atoms with Crippen LogP contribution in [0.25, 0.3) is 0 Å². The molecule has 1 saturated heterocycles. The van der Waals surface area contributed by atoms with Gasteiger partial charge in [0.2, 0.25) is 0 Å². The molecule has 1 aromatic carbocycles. The Kier molecular flexibility index (Phi) is 5.41. The van der Waals surface area contributed by atoms with E-state index in [4.69, 9.17) is 5.73 Å². The standard InChI is InChI=1S/C18H24N2O/c1-3-5-15-9-11-20(13-15)18(21)17-8-7-14(2)12-16(17)6-4-10-19/h7-8,12,15H,3,5,9-11,13,19H2,1-2H3. The summed E-state index contributed by atoms with van der Waals surface area (Å²) in [5, 5.41) is 0. The molecule has 2 N–H and O–H groups in total. The number of rotatable bonds is 3. The van der Waals surface area contributed by atoms with E-state index in [2.05, 4.69) is 18.8 Å². The monoisotopic (exact) mass is 284 g/mol. The van der Waals surface area contributed by atoms with Crippen LogP contribution in [0, 0.1) is 24.7 Å². The van der Waals surface area contributed by atoms with Gasteiger partial charge in [0.05, 0.1) is 12.1 Å². The zero-order chi connectivity index (χ0) is 15.2. The van der Waals surface area contributed by atoms with Crippen molar-refractivity contribution in [1.82, 2.24) is 4.90 Å². The molecule has 1 fully saturated rings. The first-order valence-corrected chi connectivity index (χ1v) is 7.74. The summed E-state index contributed by atoms with van der Waals surface area (Å²) in [7, 11) is 0. The maximum Gasteiger partial charge on any atom is 0.255 e. The number of benzene rings is 1. The minimum absolute atomic E-state index is 0.106. The minimum Gasteiger partial charge on any atom is -0.338 e. The number of hydrogen-bond acceptors (Lipinski definition) is 2. The molecule has 3 heteroatoms. The molecule has 0 aromatic heterocycles. The van der Waals surface area contributed by atoms with Crippen LogP contribution in [-0.4, -0.2) is 30.4 Å². The predicted molar refractivity (Wildman–Crippen MR) is 86.0 cm³/mol. The molecular formula is C18H24N2O. The van der Waals surface area contributed by atoms with E-state index in [1.54, 1.807) is 0 Å². The summed E-state index contributed by atoms with van der Waals surface area (Å²) in [5.74, 6) is 6.65. The van der Waals surface area contributed by atoms with Crippen molar-refractivity contribution in [2.75, 3.05) is 19.6 Å². The Bertz CT molecular complexity index is 568. The van der Waals surface area contributed by atoms with Crippen LogP contribution in [0.5, 0.6) is 0 Å². The van der Waals surface area contributed by atoms with Crippen molar-refractivity contribution in [3.05, 3.63) is 34.9 Å². The van der Waals surface area contributed by atoms with Crippen molar-refractivity contribution in [2.45, 2.75) is 33.1 Å². The van der Waals surface area contributed by atoms with Crippen molar-refractivity contribution in [3.8, 4) is 11.8 Å². The summed E-state index contributed by atoms with van der Waals surface area (Å²) < 4.78 is 0. The normalized spacial score (nSPS) is 17.5. The predicted octanol–water partition coefficient (Wildman–Crippen LogP) is 2.57.